The average molecular weight is 389 g/mol. The van der Waals surface area contributed by atoms with E-state index in [0.717, 1.165) is 22.6 Å². The quantitative estimate of drug-likeness (QED) is 0.819. The molecule has 7 nitrogen and oxygen atoms in total. The Labute approximate surface area is 147 Å². The van der Waals surface area contributed by atoms with E-state index < -0.39 is 34.6 Å². The highest BCUT2D eigenvalue weighted by molar-refractivity contribution is 7.89. The molecule has 0 aliphatic carbocycles. The molecule has 1 aromatic carbocycles. The van der Waals surface area contributed by atoms with Crippen molar-refractivity contribution in [2.45, 2.75) is 11.3 Å². The highest BCUT2D eigenvalue weighted by atomic mass is 32.2. The van der Waals surface area contributed by atoms with E-state index in [1.807, 2.05) is 0 Å². The molecular formula is C15H14F3N3O4S. The highest BCUT2D eigenvalue weighted by Crippen LogP contribution is 2.25. The fourth-order valence-electron chi connectivity index (χ4n) is 1.94. The zero-order valence-electron chi connectivity index (χ0n) is 13.4. The van der Waals surface area contributed by atoms with Gasteiger partial charge in [0, 0.05) is 31.2 Å². The first-order valence-electron chi connectivity index (χ1n) is 7.10. The van der Waals surface area contributed by atoms with Crippen molar-refractivity contribution in [1.82, 2.24) is 9.29 Å². The monoisotopic (exact) mass is 389 g/mol. The minimum Gasteiger partial charge on any atom is -0.406 e. The van der Waals surface area contributed by atoms with Gasteiger partial charge in [0.15, 0.2) is 0 Å². The second-order valence-electron chi connectivity index (χ2n) is 5.07. The van der Waals surface area contributed by atoms with Crippen LogP contribution in [0.15, 0.2) is 53.7 Å². The smallest absolute Gasteiger partial charge is 0.406 e. The van der Waals surface area contributed by atoms with Crippen LogP contribution in [0.4, 0.5) is 18.9 Å². The number of benzene rings is 1. The van der Waals surface area contributed by atoms with Crippen LogP contribution in [0.1, 0.15) is 0 Å². The fourth-order valence-corrected chi connectivity index (χ4v) is 3.03. The number of anilines is 1. The summed E-state index contributed by atoms with van der Waals surface area (Å²) in [4.78, 5) is 15.6. The van der Waals surface area contributed by atoms with Crippen LogP contribution >= 0.6 is 0 Å². The van der Waals surface area contributed by atoms with Crippen LogP contribution in [0.2, 0.25) is 0 Å². The number of pyridine rings is 1. The summed E-state index contributed by atoms with van der Waals surface area (Å²) in [5.74, 6) is -1.24. The van der Waals surface area contributed by atoms with Gasteiger partial charge in [-0.25, -0.2) is 8.42 Å². The van der Waals surface area contributed by atoms with E-state index >= 15 is 0 Å². The van der Waals surface area contributed by atoms with Crippen molar-refractivity contribution in [3.05, 3.63) is 48.8 Å². The van der Waals surface area contributed by atoms with Gasteiger partial charge in [-0.1, -0.05) is 6.07 Å². The molecule has 0 aliphatic heterocycles. The molecule has 0 saturated carbocycles. The Morgan fingerprint density at radius 2 is 2.00 bits per heavy atom. The minimum atomic E-state index is -4.86. The maximum absolute atomic E-state index is 12.3. The Balaban J connectivity index is 2.04. The molecule has 1 amide bonds. The van der Waals surface area contributed by atoms with Crippen molar-refractivity contribution in [1.29, 1.82) is 0 Å². The van der Waals surface area contributed by atoms with Gasteiger partial charge in [-0.3, -0.25) is 9.78 Å². The maximum atomic E-state index is 12.3. The molecule has 1 heterocycles. The van der Waals surface area contributed by atoms with E-state index in [1.54, 1.807) is 0 Å². The van der Waals surface area contributed by atoms with E-state index in [9.17, 15) is 26.4 Å². The first-order chi connectivity index (χ1) is 12.1. The molecule has 1 N–H and O–H groups in total. The Kier molecular flexibility index (Phi) is 5.83. The van der Waals surface area contributed by atoms with E-state index in [-0.39, 0.29) is 10.6 Å². The Bertz CT molecular complexity index is 873. The van der Waals surface area contributed by atoms with Crippen LogP contribution in [-0.4, -0.2) is 43.6 Å². The number of alkyl halides is 3. The number of amides is 1. The van der Waals surface area contributed by atoms with Crippen molar-refractivity contribution in [3.63, 3.8) is 0 Å². The number of halogens is 3. The number of nitrogens with zero attached hydrogens (tertiary/aromatic N) is 2. The lowest BCUT2D eigenvalue weighted by atomic mass is 10.3. The number of sulfonamides is 1. The van der Waals surface area contributed by atoms with Crippen LogP contribution in [0.3, 0.4) is 0 Å². The predicted octanol–water partition coefficient (Wildman–Crippen LogP) is 2.24. The van der Waals surface area contributed by atoms with Gasteiger partial charge in [-0.2, -0.15) is 4.31 Å². The Hall–Kier alpha value is -2.66. The third-order valence-corrected chi connectivity index (χ3v) is 4.85. The molecule has 2 aromatic rings. The number of nitrogens with one attached hydrogen (secondary N) is 1. The lowest BCUT2D eigenvalue weighted by molar-refractivity contribution is -0.274. The summed E-state index contributed by atoms with van der Waals surface area (Å²) >= 11 is 0. The summed E-state index contributed by atoms with van der Waals surface area (Å²) in [5, 5.41) is 2.31. The average Bonchev–Trinajstić information content (AvgIpc) is 2.54. The van der Waals surface area contributed by atoms with E-state index in [2.05, 4.69) is 15.0 Å². The van der Waals surface area contributed by atoms with Gasteiger partial charge in [0.1, 0.15) is 10.6 Å². The van der Waals surface area contributed by atoms with Crippen molar-refractivity contribution in [2.24, 2.45) is 0 Å². The summed E-state index contributed by atoms with van der Waals surface area (Å²) in [6, 6.07) is 7.41. The van der Waals surface area contributed by atoms with Crippen LogP contribution in [-0.2, 0) is 14.8 Å². The van der Waals surface area contributed by atoms with Crippen molar-refractivity contribution >= 4 is 21.6 Å². The predicted molar refractivity (Wildman–Crippen MR) is 85.8 cm³/mol. The first-order valence-corrected chi connectivity index (χ1v) is 8.54. The number of aromatic nitrogens is 1. The van der Waals surface area contributed by atoms with E-state index in [4.69, 9.17) is 0 Å². The number of carbonyl (C=O) groups excluding carboxylic acids is 1. The second-order valence-corrected chi connectivity index (χ2v) is 7.12. The highest BCUT2D eigenvalue weighted by Gasteiger charge is 2.31. The Morgan fingerprint density at radius 3 is 2.62 bits per heavy atom. The normalized spacial score (nSPS) is 12.0. The zero-order chi connectivity index (χ0) is 19.4. The molecule has 0 bridgehead atoms. The molecule has 1 aromatic heterocycles. The molecule has 140 valence electrons. The van der Waals surface area contributed by atoms with Gasteiger partial charge in [0.2, 0.25) is 15.9 Å². The third kappa shape index (κ3) is 5.43. The summed E-state index contributed by atoms with van der Waals surface area (Å²) < 4.78 is 65.8. The molecule has 0 spiro atoms. The summed E-state index contributed by atoms with van der Waals surface area (Å²) in [5.41, 5.74) is 0.0314. The number of ether oxygens (including phenoxy) is 1. The number of hydrogen-bond acceptors (Lipinski definition) is 5. The number of rotatable bonds is 6. The standard InChI is InChI=1S/C15H14F3N3O4S/c1-21(26(23,24)13-6-3-7-19-9-13)10-14(22)20-11-4-2-5-12(8-11)25-15(16,17)18/h2-9H,10H2,1H3,(H,20,22). The van der Waals surface area contributed by atoms with Gasteiger partial charge in [0.05, 0.1) is 6.54 Å². The first kappa shape index (κ1) is 19.7. The molecule has 26 heavy (non-hydrogen) atoms. The van der Waals surface area contributed by atoms with Crippen LogP contribution in [0.5, 0.6) is 5.75 Å². The molecular weight excluding hydrogens is 375 g/mol. The van der Waals surface area contributed by atoms with Gasteiger partial charge in [0.25, 0.3) is 0 Å². The topological polar surface area (TPSA) is 88.6 Å². The van der Waals surface area contributed by atoms with Gasteiger partial charge < -0.3 is 10.1 Å². The van der Waals surface area contributed by atoms with Gasteiger partial charge in [-0.15, -0.1) is 13.2 Å². The van der Waals surface area contributed by atoms with Crippen LogP contribution in [0, 0.1) is 0 Å². The third-order valence-electron chi connectivity index (χ3n) is 3.06. The molecule has 0 aliphatic rings. The lowest BCUT2D eigenvalue weighted by Gasteiger charge is -2.17. The molecule has 2 rings (SSSR count). The molecule has 0 unspecified atom stereocenters. The van der Waals surface area contributed by atoms with E-state index in [1.165, 1.54) is 37.5 Å². The maximum Gasteiger partial charge on any atom is 0.573 e. The van der Waals surface area contributed by atoms with Gasteiger partial charge in [-0.05, 0) is 24.3 Å². The van der Waals surface area contributed by atoms with Crippen LogP contribution < -0.4 is 10.1 Å². The fraction of sp³-hybridized carbons (Fsp3) is 0.200. The molecule has 0 atom stereocenters. The molecule has 0 fully saturated rings. The number of hydrogen-bond donors (Lipinski definition) is 1. The van der Waals surface area contributed by atoms with Crippen molar-refractivity contribution in [2.75, 3.05) is 18.9 Å². The second kappa shape index (κ2) is 7.70. The largest absolute Gasteiger partial charge is 0.573 e. The van der Waals surface area contributed by atoms with Crippen LogP contribution in [0.25, 0.3) is 0 Å². The zero-order valence-corrected chi connectivity index (χ0v) is 14.2. The minimum absolute atomic E-state index is 0.0314. The van der Waals surface area contributed by atoms with Crippen molar-refractivity contribution < 1.29 is 31.1 Å². The number of likely N-dealkylation sites (N-methyl/N-ethyl adjacent to an activating group) is 1. The van der Waals surface area contributed by atoms with E-state index in [0.29, 0.717) is 0 Å². The molecule has 11 heteroatoms. The van der Waals surface area contributed by atoms with Crippen molar-refractivity contribution in [3.8, 4) is 5.75 Å². The summed E-state index contributed by atoms with van der Waals surface area (Å²) in [6.07, 6.45) is -2.32. The number of carbonyl (C=O) groups is 1. The lowest BCUT2D eigenvalue weighted by Crippen LogP contribution is -2.35. The summed E-state index contributed by atoms with van der Waals surface area (Å²) in [7, 11) is -2.72. The molecule has 0 radical (unpaired) electrons. The molecule has 0 saturated heterocycles. The van der Waals surface area contributed by atoms with Gasteiger partial charge >= 0.3 is 6.36 Å². The Morgan fingerprint density at radius 1 is 1.27 bits per heavy atom. The SMILES string of the molecule is CN(CC(=O)Nc1cccc(OC(F)(F)F)c1)S(=O)(=O)c1cccnc1. The summed E-state index contributed by atoms with van der Waals surface area (Å²) in [6.45, 7) is -0.540.